The Bertz CT molecular complexity index is 504. The van der Waals surface area contributed by atoms with Gasteiger partial charge in [-0.25, -0.2) is 0 Å². The molecular weight excluding hydrogens is 290 g/mol. The van der Waals surface area contributed by atoms with Crippen LogP contribution in [-0.4, -0.2) is 48.0 Å². The van der Waals surface area contributed by atoms with Crippen molar-refractivity contribution in [3.63, 3.8) is 0 Å². The van der Waals surface area contributed by atoms with Crippen molar-refractivity contribution < 1.29 is 0 Å². The van der Waals surface area contributed by atoms with E-state index < -0.39 is 0 Å². The second kappa shape index (κ2) is 6.39. The van der Waals surface area contributed by atoms with Crippen molar-refractivity contribution in [3.8, 4) is 0 Å². The lowest BCUT2D eigenvalue weighted by molar-refractivity contribution is 0.250. The standard InChI is InChI=1S/C15H22ClN3S/c1-10-7-19(9-14(10)18(2)3)8-12-5-4-11(15(17)20)6-13(12)16/h4-6,10,14H,7-9H2,1-3H3,(H2,17,20). The molecule has 0 spiro atoms. The van der Waals surface area contributed by atoms with Gasteiger partial charge in [-0.1, -0.05) is 42.9 Å². The van der Waals surface area contributed by atoms with E-state index in [1.807, 2.05) is 18.2 Å². The highest BCUT2D eigenvalue weighted by atomic mass is 35.5. The number of nitrogens with two attached hydrogens (primary N) is 1. The SMILES string of the molecule is CC1CN(Cc2ccc(C(N)=S)cc2Cl)CC1N(C)C. The summed E-state index contributed by atoms with van der Waals surface area (Å²) in [5.41, 5.74) is 7.59. The molecular formula is C15H22ClN3S. The van der Waals surface area contributed by atoms with Crippen molar-refractivity contribution in [1.29, 1.82) is 0 Å². The number of likely N-dealkylation sites (tertiary alicyclic amines) is 1. The first-order valence-electron chi connectivity index (χ1n) is 6.85. The first-order valence-corrected chi connectivity index (χ1v) is 7.64. The van der Waals surface area contributed by atoms with Gasteiger partial charge >= 0.3 is 0 Å². The molecule has 5 heteroatoms. The number of nitrogens with zero attached hydrogens (tertiary/aromatic N) is 2. The third-order valence-electron chi connectivity index (χ3n) is 4.04. The first-order chi connectivity index (χ1) is 9.38. The smallest absolute Gasteiger partial charge is 0.104 e. The van der Waals surface area contributed by atoms with Gasteiger partial charge in [0.15, 0.2) is 0 Å². The Kier molecular flexibility index (Phi) is 5.02. The molecule has 2 rings (SSSR count). The molecule has 0 saturated carbocycles. The van der Waals surface area contributed by atoms with Crippen LogP contribution in [0.2, 0.25) is 5.02 Å². The van der Waals surface area contributed by atoms with Gasteiger partial charge in [-0.3, -0.25) is 4.90 Å². The number of thiocarbonyl (C=S) groups is 1. The molecule has 0 aromatic heterocycles. The molecule has 1 heterocycles. The molecule has 2 unspecified atom stereocenters. The lowest BCUT2D eigenvalue weighted by Gasteiger charge is -2.22. The molecule has 1 aromatic carbocycles. The monoisotopic (exact) mass is 311 g/mol. The van der Waals surface area contributed by atoms with E-state index in [-0.39, 0.29) is 0 Å². The van der Waals surface area contributed by atoms with E-state index in [0.717, 1.165) is 35.8 Å². The summed E-state index contributed by atoms with van der Waals surface area (Å²) in [4.78, 5) is 5.15. The van der Waals surface area contributed by atoms with Gasteiger partial charge < -0.3 is 10.6 Å². The molecule has 1 aliphatic rings. The molecule has 110 valence electrons. The predicted molar refractivity (Wildman–Crippen MR) is 89.3 cm³/mol. The molecule has 0 aliphatic carbocycles. The van der Waals surface area contributed by atoms with Crippen LogP contribution >= 0.6 is 23.8 Å². The van der Waals surface area contributed by atoms with Crippen molar-refractivity contribution in [1.82, 2.24) is 9.80 Å². The third-order valence-corrected chi connectivity index (χ3v) is 4.63. The average molecular weight is 312 g/mol. The molecule has 1 aliphatic heterocycles. The Labute approximate surface area is 131 Å². The van der Waals surface area contributed by atoms with Crippen LogP contribution in [0.5, 0.6) is 0 Å². The van der Waals surface area contributed by atoms with Gasteiger partial charge in [0.2, 0.25) is 0 Å². The zero-order valence-electron chi connectivity index (χ0n) is 12.3. The van der Waals surface area contributed by atoms with Gasteiger partial charge in [0.05, 0.1) is 0 Å². The highest BCUT2D eigenvalue weighted by molar-refractivity contribution is 7.80. The maximum atomic E-state index is 6.33. The van der Waals surface area contributed by atoms with Gasteiger partial charge in [-0.2, -0.15) is 0 Å². The van der Waals surface area contributed by atoms with Crippen LogP contribution in [-0.2, 0) is 6.54 Å². The molecule has 0 bridgehead atoms. The van der Waals surface area contributed by atoms with Crippen LogP contribution < -0.4 is 5.73 Å². The fraction of sp³-hybridized carbons (Fsp3) is 0.533. The largest absolute Gasteiger partial charge is 0.389 e. The minimum atomic E-state index is 0.390. The number of likely N-dealkylation sites (N-methyl/N-ethyl adjacent to an activating group) is 1. The fourth-order valence-corrected chi connectivity index (χ4v) is 3.29. The van der Waals surface area contributed by atoms with Crippen LogP contribution in [0.4, 0.5) is 0 Å². The lowest BCUT2D eigenvalue weighted by Crippen LogP contribution is -2.34. The maximum absolute atomic E-state index is 6.33. The molecule has 2 atom stereocenters. The number of hydrogen-bond acceptors (Lipinski definition) is 3. The van der Waals surface area contributed by atoms with E-state index in [1.54, 1.807) is 0 Å². The van der Waals surface area contributed by atoms with Gasteiger partial charge in [0.25, 0.3) is 0 Å². The van der Waals surface area contributed by atoms with Crippen molar-refractivity contribution in [3.05, 3.63) is 34.3 Å². The Hall–Kier alpha value is -0.680. The zero-order valence-corrected chi connectivity index (χ0v) is 13.8. The summed E-state index contributed by atoms with van der Waals surface area (Å²) in [5, 5.41) is 0.747. The normalized spacial score (nSPS) is 23.4. The number of halogens is 1. The zero-order chi connectivity index (χ0) is 14.9. The second-order valence-corrected chi connectivity index (χ2v) is 6.72. The molecule has 1 fully saturated rings. The Morgan fingerprint density at radius 2 is 2.15 bits per heavy atom. The van der Waals surface area contributed by atoms with Crippen molar-refractivity contribution in [2.75, 3.05) is 27.2 Å². The summed E-state index contributed by atoms with van der Waals surface area (Å²) >= 11 is 11.3. The Balaban J connectivity index is 2.06. The molecule has 20 heavy (non-hydrogen) atoms. The van der Waals surface area contributed by atoms with Crippen molar-refractivity contribution in [2.24, 2.45) is 11.7 Å². The molecule has 1 saturated heterocycles. The fourth-order valence-electron chi connectivity index (χ4n) is 2.92. The number of rotatable bonds is 4. The highest BCUT2D eigenvalue weighted by Crippen LogP contribution is 2.25. The quantitative estimate of drug-likeness (QED) is 0.865. The molecule has 3 nitrogen and oxygen atoms in total. The summed E-state index contributed by atoms with van der Waals surface area (Å²) in [6, 6.07) is 6.46. The van der Waals surface area contributed by atoms with E-state index in [1.165, 1.54) is 0 Å². The summed E-state index contributed by atoms with van der Waals surface area (Å²) in [6.07, 6.45) is 0. The van der Waals surface area contributed by atoms with Crippen molar-refractivity contribution >= 4 is 28.8 Å². The molecule has 0 radical (unpaired) electrons. The molecule has 1 aromatic rings. The highest BCUT2D eigenvalue weighted by Gasteiger charge is 2.30. The minimum Gasteiger partial charge on any atom is -0.389 e. The van der Waals surface area contributed by atoms with E-state index >= 15 is 0 Å². The van der Waals surface area contributed by atoms with E-state index in [9.17, 15) is 0 Å². The molecule has 0 amide bonds. The minimum absolute atomic E-state index is 0.390. The topological polar surface area (TPSA) is 32.5 Å². The summed E-state index contributed by atoms with van der Waals surface area (Å²) in [7, 11) is 4.29. The molecule has 2 N–H and O–H groups in total. The summed E-state index contributed by atoms with van der Waals surface area (Å²) in [5.74, 6) is 0.680. The number of benzene rings is 1. The van der Waals surface area contributed by atoms with Gasteiger partial charge in [0, 0.05) is 36.3 Å². The predicted octanol–water partition coefficient (Wildman–Crippen LogP) is 2.36. The van der Waals surface area contributed by atoms with Crippen LogP contribution in [0.25, 0.3) is 0 Å². The first kappa shape index (κ1) is 15.7. The second-order valence-electron chi connectivity index (χ2n) is 5.87. The van der Waals surface area contributed by atoms with E-state index in [0.29, 0.717) is 16.9 Å². The number of hydrogen-bond donors (Lipinski definition) is 1. The van der Waals surface area contributed by atoms with E-state index in [4.69, 9.17) is 29.6 Å². The third kappa shape index (κ3) is 3.50. The lowest BCUT2D eigenvalue weighted by atomic mass is 10.1. The van der Waals surface area contributed by atoms with Crippen LogP contribution in [0, 0.1) is 5.92 Å². The van der Waals surface area contributed by atoms with E-state index in [2.05, 4.69) is 30.8 Å². The Morgan fingerprint density at radius 3 is 2.65 bits per heavy atom. The van der Waals surface area contributed by atoms with Crippen molar-refractivity contribution in [2.45, 2.75) is 19.5 Å². The van der Waals surface area contributed by atoms with Gasteiger partial charge in [0.1, 0.15) is 4.99 Å². The van der Waals surface area contributed by atoms with Crippen LogP contribution in [0.1, 0.15) is 18.1 Å². The maximum Gasteiger partial charge on any atom is 0.104 e. The van der Waals surface area contributed by atoms with Crippen LogP contribution in [0.3, 0.4) is 0 Å². The Morgan fingerprint density at radius 1 is 1.45 bits per heavy atom. The van der Waals surface area contributed by atoms with Crippen LogP contribution in [0.15, 0.2) is 18.2 Å². The summed E-state index contributed by atoms with van der Waals surface area (Å²) in [6.45, 7) is 5.38. The average Bonchev–Trinajstić information content (AvgIpc) is 2.73. The summed E-state index contributed by atoms with van der Waals surface area (Å²) < 4.78 is 0. The van der Waals surface area contributed by atoms with Gasteiger partial charge in [-0.15, -0.1) is 0 Å². The van der Waals surface area contributed by atoms with Gasteiger partial charge in [-0.05, 0) is 31.6 Å².